The Kier molecular flexibility index (Phi) is 3.51. The summed E-state index contributed by atoms with van der Waals surface area (Å²) in [5.41, 5.74) is 4.84. The normalized spacial score (nSPS) is 12.9. The van der Waals surface area contributed by atoms with Gasteiger partial charge in [0.25, 0.3) is 5.91 Å². The highest BCUT2D eigenvalue weighted by molar-refractivity contribution is 6.03. The number of aromatic nitrogens is 2. The topological polar surface area (TPSA) is 69.9 Å². The number of nitriles is 1. The molecule has 1 aromatic heterocycles. The Bertz CT molecular complexity index is 1060. The van der Waals surface area contributed by atoms with E-state index in [9.17, 15) is 4.79 Å². The Labute approximate surface area is 144 Å². The van der Waals surface area contributed by atoms with Crippen LogP contribution in [0.4, 0.5) is 0 Å². The SMILES string of the molecule is C=C(C#N)CN1Cc2c(cccc2-c2cccc3cncnc23)C1=O. The molecule has 1 aliphatic rings. The number of fused-ring (bicyclic) bond motifs is 2. The van der Waals surface area contributed by atoms with Crippen molar-refractivity contribution in [2.24, 2.45) is 0 Å². The Balaban J connectivity index is 1.84. The first-order chi connectivity index (χ1) is 12.2. The minimum atomic E-state index is -0.0666. The summed E-state index contributed by atoms with van der Waals surface area (Å²) in [5, 5.41) is 9.90. The molecule has 0 spiro atoms. The van der Waals surface area contributed by atoms with Crippen LogP contribution in [0.5, 0.6) is 0 Å². The highest BCUT2D eigenvalue weighted by atomic mass is 16.2. The maximum atomic E-state index is 12.6. The van der Waals surface area contributed by atoms with Crippen LogP contribution in [0.2, 0.25) is 0 Å². The van der Waals surface area contributed by atoms with Gasteiger partial charge in [0.15, 0.2) is 0 Å². The number of amides is 1. The Morgan fingerprint density at radius 1 is 1.20 bits per heavy atom. The predicted octanol–water partition coefficient (Wildman–Crippen LogP) is 3.33. The molecule has 0 saturated heterocycles. The molecule has 4 rings (SSSR count). The molecule has 0 fully saturated rings. The molecule has 1 amide bonds. The van der Waals surface area contributed by atoms with Gasteiger partial charge in [-0.15, -0.1) is 0 Å². The van der Waals surface area contributed by atoms with E-state index in [1.807, 2.05) is 42.5 Å². The van der Waals surface area contributed by atoms with Gasteiger partial charge in [-0.2, -0.15) is 5.26 Å². The molecule has 0 radical (unpaired) electrons. The molecule has 0 atom stereocenters. The van der Waals surface area contributed by atoms with Crippen LogP contribution in [-0.2, 0) is 6.54 Å². The lowest BCUT2D eigenvalue weighted by Crippen LogP contribution is -2.25. The van der Waals surface area contributed by atoms with Crippen LogP contribution in [0.25, 0.3) is 22.0 Å². The molecule has 5 heteroatoms. The van der Waals surface area contributed by atoms with Crippen molar-refractivity contribution in [3.05, 3.63) is 72.2 Å². The Morgan fingerprint density at radius 2 is 1.96 bits per heavy atom. The van der Waals surface area contributed by atoms with Gasteiger partial charge in [0.1, 0.15) is 6.33 Å². The number of rotatable bonds is 3. The summed E-state index contributed by atoms with van der Waals surface area (Å²) in [5.74, 6) is -0.0666. The fraction of sp³-hybridized carbons (Fsp3) is 0.100. The number of hydrogen-bond donors (Lipinski definition) is 0. The third kappa shape index (κ3) is 2.45. The van der Waals surface area contributed by atoms with Crippen molar-refractivity contribution >= 4 is 16.8 Å². The fourth-order valence-corrected chi connectivity index (χ4v) is 3.27. The molecule has 25 heavy (non-hydrogen) atoms. The molecule has 1 aliphatic heterocycles. The lowest BCUT2D eigenvalue weighted by Gasteiger charge is -2.14. The van der Waals surface area contributed by atoms with Gasteiger partial charge in [0.2, 0.25) is 0 Å². The van der Waals surface area contributed by atoms with E-state index in [2.05, 4.69) is 16.5 Å². The first kappa shape index (κ1) is 15.0. The summed E-state index contributed by atoms with van der Waals surface area (Å²) < 4.78 is 0. The summed E-state index contributed by atoms with van der Waals surface area (Å²) in [4.78, 5) is 22.8. The number of nitrogens with zero attached hydrogens (tertiary/aromatic N) is 4. The molecule has 5 nitrogen and oxygen atoms in total. The lowest BCUT2D eigenvalue weighted by atomic mass is 9.95. The van der Waals surface area contributed by atoms with Crippen LogP contribution in [0.15, 0.2) is 61.1 Å². The monoisotopic (exact) mass is 326 g/mol. The fourth-order valence-electron chi connectivity index (χ4n) is 3.27. The van der Waals surface area contributed by atoms with Gasteiger partial charge >= 0.3 is 0 Å². The molecule has 2 heterocycles. The maximum absolute atomic E-state index is 12.6. The third-order valence-corrected chi connectivity index (χ3v) is 4.41. The molecule has 0 aliphatic carbocycles. The highest BCUT2D eigenvalue weighted by Crippen LogP contribution is 2.35. The number of hydrogen-bond acceptors (Lipinski definition) is 4. The zero-order chi connectivity index (χ0) is 17.4. The zero-order valence-electron chi connectivity index (χ0n) is 13.4. The van der Waals surface area contributed by atoms with Crippen LogP contribution < -0.4 is 0 Å². The summed E-state index contributed by atoms with van der Waals surface area (Å²) in [6.07, 6.45) is 3.31. The molecule has 0 N–H and O–H groups in total. The number of benzene rings is 2. The van der Waals surface area contributed by atoms with E-state index in [0.717, 1.165) is 27.6 Å². The van der Waals surface area contributed by atoms with E-state index in [1.54, 1.807) is 11.1 Å². The van der Waals surface area contributed by atoms with Crippen LogP contribution in [0, 0.1) is 11.3 Å². The molecule has 0 unspecified atom stereocenters. The van der Waals surface area contributed by atoms with Gasteiger partial charge in [0, 0.05) is 34.8 Å². The van der Waals surface area contributed by atoms with Crippen LogP contribution in [0.1, 0.15) is 15.9 Å². The average molecular weight is 326 g/mol. The van der Waals surface area contributed by atoms with Gasteiger partial charge in [-0.1, -0.05) is 36.9 Å². The zero-order valence-corrected chi connectivity index (χ0v) is 13.4. The van der Waals surface area contributed by atoms with E-state index in [0.29, 0.717) is 17.7 Å². The third-order valence-electron chi connectivity index (χ3n) is 4.41. The van der Waals surface area contributed by atoms with Crippen molar-refractivity contribution in [1.29, 1.82) is 5.26 Å². The largest absolute Gasteiger partial charge is 0.329 e. The Hall–Kier alpha value is -3.52. The number of carbonyl (C=O) groups excluding carboxylic acids is 1. The molecule has 0 bridgehead atoms. The van der Waals surface area contributed by atoms with Crippen molar-refractivity contribution in [2.45, 2.75) is 6.54 Å². The van der Waals surface area contributed by atoms with Crippen molar-refractivity contribution in [3.8, 4) is 17.2 Å². The van der Waals surface area contributed by atoms with Gasteiger partial charge < -0.3 is 4.90 Å². The second kappa shape index (κ2) is 5.84. The number of carbonyl (C=O) groups is 1. The second-order valence-electron chi connectivity index (χ2n) is 5.97. The predicted molar refractivity (Wildman–Crippen MR) is 94.5 cm³/mol. The molecular formula is C20H14N4O. The Morgan fingerprint density at radius 3 is 2.80 bits per heavy atom. The molecule has 3 aromatic rings. The van der Waals surface area contributed by atoms with Gasteiger partial charge in [-0.05, 0) is 17.2 Å². The maximum Gasteiger partial charge on any atom is 0.254 e. The first-order valence-corrected chi connectivity index (χ1v) is 7.87. The first-order valence-electron chi connectivity index (χ1n) is 7.87. The molecule has 120 valence electrons. The summed E-state index contributed by atoms with van der Waals surface area (Å²) in [6, 6.07) is 13.7. The van der Waals surface area contributed by atoms with Gasteiger partial charge in [0.05, 0.1) is 18.1 Å². The van der Waals surface area contributed by atoms with Gasteiger partial charge in [-0.25, -0.2) is 9.97 Å². The van der Waals surface area contributed by atoms with Crippen molar-refractivity contribution in [2.75, 3.05) is 6.54 Å². The van der Waals surface area contributed by atoms with E-state index in [-0.39, 0.29) is 12.5 Å². The molecule has 2 aromatic carbocycles. The van der Waals surface area contributed by atoms with E-state index in [4.69, 9.17) is 5.26 Å². The minimum absolute atomic E-state index is 0.0666. The van der Waals surface area contributed by atoms with Crippen molar-refractivity contribution < 1.29 is 4.79 Å². The summed E-state index contributed by atoms with van der Waals surface area (Å²) >= 11 is 0. The molecular weight excluding hydrogens is 312 g/mol. The van der Waals surface area contributed by atoms with Crippen LogP contribution in [0.3, 0.4) is 0 Å². The average Bonchev–Trinajstić information content (AvgIpc) is 2.97. The lowest BCUT2D eigenvalue weighted by molar-refractivity contribution is 0.0794. The summed E-state index contributed by atoms with van der Waals surface area (Å²) in [6.45, 7) is 4.40. The van der Waals surface area contributed by atoms with Gasteiger partial charge in [-0.3, -0.25) is 4.79 Å². The minimum Gasteiger partial charge on any atom is -0.329 e. The standard InChI is InChI=1S/C20H14N4O/c1-13(8-21)10-24-11-18-15(5-3-7-17(18)20(24)25)16-6-2-4-14-9-22-12-23-19(14)16/h2-7,9,12H,1,10-11H2. The van der Waals surface area contributed by atoms with E-state index < -0.39 is 0 Å². The number of para-hydroxylation sites is 1. The summed E-state index contributed by atoms with van der Waals surface area (Å²) in [7, 11) is 0. The van der Waals surface area contributed by atoms with Crippen LogP contribution in [-0.4, -0.2) is 27.3 Å². The highest BCUT2D eigenvalue weighted by Gasteiger charge is 2.30. The van der Waals surface area contributed by atoms with Crippen LogP contribution >= 0.6 is 0 Å². The quantitative estimate of drug-likeness (QED) is 0.692. The van der Waals surface area contributed by atoms with Crippen molar-refractivity contribution in [1.82, 2.24) is 14.9 Å². The van der Waals surface area contributed by atoms with E-state index >= 15 is 0 Å². The smallest absolute Gasteiger partial charge is 0.254 e. The molecule has 0 saturated carbocycles. The van der Waals surface area contributed by atoms with E-state index in [1.165, 1.54) is 6.33 Å². The van der Waals surface area contributed by atoms with Crippen molar-refractivity contribution in [3.63, 3.8) is 0 Å². The second-order valence-corrected chi connectivity index (χ2v) is 5.97.